The number of hydrogen-bond donors (Lipinski definition) is 3. The van der Waals surface area contributed by atoms with E-state index < -0.39 is 26.3 Å². The Labute approximate surface area is 88.1 Å². The van der Waals surface area contributed by atoms with Gasteiger partial charge in [-0.15, -0.1) is 0 Å². The molecular formula is C7H17NO6P+. The van der Waals surface area contributed by atoms with Gasteiger partial charge in [0.15, 0.2) is 0 Å². The molecule has 3 N–H and O–H groups in total. The number of phosphoric acid groups is 1. The number of carboxylic acid groups (broad SMARTS) is 1. The lowest BCUT2D eigenvalue weighted by atomic mass is 10.2. The minimum absolute atomic E-state index is 0.206. The van der Waals surface area contributed by atoms with Gasteiger partial charge in [-0.05, 0) is 0 Å². The van der Waals surface area contributed by atoms with E-state index in [-0.39, 0.29) is 6.54 Å². The van der Waals surface area contributed by atoms with Crippen LogP contribution in [0.15, 0.2) is 0 Å². The third-order valence-electron chi connectivity index (χ3n) is 1.44. The number of rotatable bonds is 6. The molecule has 0 radical (unpaired) electrons. The second kappa shape index (κ2) is 5.05. The summed E-state index contributed by atoms with van der Waals surface area (Å²) in [7, 11) is 0.690. The Morgan fingerprint density at radius 2 is 1.87 bits per heavy atom. The molecule has 90 valence electrons. The van der Waals surface area contributed by atoms with Crippen LogP contribution in [0.1, 0.15) is 6.42 Å². The Morgan fingerprint density at radius 1 is 1.40 bits per heavy atom. The molecule has 0 saturated carbocycles. The first-order valence-corrected chi connectivity index (χ1v) is 5.79. The number of phosphoric ester groups is 1. The number of carbonyl (C=O) groups is 1. The molecule has 1 atom stereocenters. The zero-order valence-electron chi connectivity index (χ0n) is 8.95. The zero-order valence-corrected chi connectivity index (χ0v) is 9.85. The maximum absolute atomic E-state index is 10.6. The standard InChI is InChI=1S/C7H16NO6P/c1-8(2,3)5-6(4-7(9)10)14-15(11,12)13/h6H,4-5H2,1-3H3,(H2-,9,10,11,12,13)/p+1. The van der Waals surface area contributed by atoms with E-state index in [4.69, 9.17) is 14.9 Å². The summed E-state index contributed by atoms with van der Waals surface area (Å²) in [5, 5.41) is 8.54. The van der Waals surface area contributed by atoms with Crippen LogP contribution in [0.25, 0.3) is 0 Å². The number of quaternary nitrogens is 1. The first-order valence-electron chi connectivity index (χ1n) is 4.26. The van der Waals surface area contributed by atoms with Gasteiger partial charge in [0.2, 0.25) is 0 Å². The zero-order chi connectivity index (χ0) is 12.3. The van der Waals surface area contributed by atoms with Gasteiger partial charge >= 0.3 is 13.8 Å². The van der Waals surface area contributed by atoms with Crippen LogP contribution in [0.2, 0.25) is 0 Å². The third-order valence-corrected chi connectivity index (χ3v) is 2.01. The highest BCUT2D eigenvalue weighted by atomic mass is 31.2. The number of nitrogens with zero attached hydrogens (tertiary/aromatic N) is 1. The Morgan fingerprint density at radius 3 is 2.13 bits per heavy atom. The minimum atomic E-state index is -4.64. The summed E-state index contributed by atoms with van der Waals surface area (Å²) in [4.78, 5) is 27.6. The third kappa shape index (κ3) is 9.84. The SMILES string of the molecule is C[N+](C)(C)CC(CC(=O)O)OP(=O)(O)O. The topological polar surface area (TPSA) is 104 Å². The van der Waals surface area contributed by atoms with E-state index in [0.29, 0.717) is 4.48 Å². The van der Waals surface area contributed by atoms with E-state index in [0.717, 1.165) is 0 Å². The van der Waals surface area contributed by atoms with Crippen molar-refractivity contribution < 1.29 is 33.3 Å². The van der Waals surface area contributed by atoms with E-state index >= 15 is 0 Å². The molecule has 0 aromatic rings. The highest BCUT2D eigenvalue weighted by molar-refractivity contribution is 7.46. The molecule has 0 bridgehead atoms. The van der Waals surface area contributed by atoms with E-state index in [2.05, 4.69) is 4.52 Å². The molecule has 0 rings (SSSR count). The Kier molecular flexibility index (Phi) is 4.89. The molecule has 8 heteroatoms. The number of aliphatic carboxylic acids is 1. The highest BCUT2D eigenvalue weighted by Crippen LogP contribution is 2.38. The predicted octanol–water partition coefficient (Wildman–Crippen LogP) is -0.355. The average molecular weight is 242 g/mol. The molecule has 0 aliphatic heterocycles. The van der Waals surface area contributed by atoms with Crippen LogP contribution in [0.3, 0.4) is 0 Å². The predicted molar refractivity (Wildman–Crippen MR) is 52.1 cm³/mol. The fourth-order valence-corrected chi connectivity index (χ4v) is 1.66. The van der Waals surface area contributed by atoms with Crippen LogP contribution < -0.4 is 0 Å². The first kappa shape index (κ1) is 14.5. The van der Waals surface area contributed by atoms with Crippen molar-refractivity contribution in [2.45, 2.75) is 12.5 Å². The lowest BCUT2D eigenvalue weighted by Gasteiger charge is -2.28. The second-order valence-corrected chi connectivity index (χ2v) is 5.48. The number of hydrogen-bond acceptors (Lipinski definition) is 3. The average Bonchev–Trinajstić information content (AvgIpc) is 1.73. The monoisotopic (exact) mass is 242 g/mol. The van der Waals surface area contributed by atoms with Gasteiger partial charge in [0.05, 0.1) is 27.6 Å². The van der Waals surface area contributed by atoms with Gasteiger partial charge in [-0.3, -0.25) is 9.32 Å². The lowest BCUT2D eigenvalue weighted by molar-refractivity contribution is -0.873. The van der Waals surface area contributed by atoms with Gasteiger partial charge in [0.1, 0.15) is 12.6 Å². The molecule has 1 unspecified atom stereocenters. The molecule has 15 heavy (non-hydrogen) atoms. The van der Waals surface area contributed by atoms with E-state index in [1.165, 1.54) is 0 Å². The first-order chi connectivity index (χ1) is 6.49. The van der Waals surface area contributed by atoms with Gasteiger partial charge in [-0.2, -0.15) is 0 Å². The van der Waals surface area contributed by atoms with Crippen molar-refractivity contribution >= 4 is 13.8 Å². The quantitative estimate of drug-likeness (QED) is 0.434. The largest absolute Gasteiger partial charge is 0.481 e. The Balaban J connectivity index is 4.45. The van der Waals surface area contributed by atoms with Gasteiger partial charge in [-0.1, -0.05) is 0 Å². The van der Waals surface area contributed by atoms with Crippen molar-refractivity contribution in [2.75, 3.05) is 27.7 Å². The molecule has 0 aromatic carbocycles. The molecule has 0 aliphatic carbocycles. The van der Waals surface area contributed by atoms with Crippen LogP contribution >= 0.6 is 7.82 Å². The Hall–Kier alpha value is -0.460. The summed E-state index contributed by atoms with van der Waals surface area (Å²) in [6.45, 7) is 0.206. The van der Waals surface area contributed by atoms with E-state index in [1.807, 2.05) is 0 Å². The maximum atomic E-state index is 10.6. The highest BCUT2D eigenvalue weighted by Gasteiger charge is 2.28. The van der Waals surface area contributed by atoms with Crippen molar-refractivity contribution in [1.82, 2.24) is 0 Å². The van der Waals surface area contributed by atoms with Crippen molar-refractivity contribution in [1.29, 1.82) is 0 Å². The molecular weight excluding hydrogens is 225 g/mol. The minimum Gasteiger partial charge on any atom is -0.481 e. The van der Waals surface area contributed by atoms with E-state index in [9.17, 15) is 9.36 Å². The van der Waals surface area contributed by atoms with Crippen LogP contribution in [-0.4, -0.2) is 59.1 Å². The van der Waals surface area contributed by atoms with Crippen molar-refractivity contribution in [2.24, 2.45) is 0 Å². The summed E-state index contributed by atoms with van der Waals surface area (Å²) in [6.07, 6.45) is -1.43. The molecule has 7 nitrogen and oxygen atoms in total. The molecule has 0 amide bonds. The van der Waals surface area contributed by atoms with Gasteiger partial charge in [0, 0.05) is 0 Å². The molecule has 0 saturated heterocycles. The van der Waals surface area contributed by atoms with Gasteiger partial charge in [0.25, 0.3) is 0 Å². The van der Waals surface area contributed by atoms with Gasteiger partial charge in [-0.25, -0.2) is 4.57 Å². The summed E-state index contributed by atoms with van der Waals surface area (Å²) in [6, 6.07) is 0. The molecule has 0 aromatic heterocycles. The maximum Gasteiger partial charge on any atom is 0.470 e. The second-order valence-electron chi connectivity index (χ2n) is 4.29. The van der Waals surface area contributed by atoms with E-state index in [1.54, 1.807) is 21.1 Å². The molecule has 0 aliphatic rings. The normalized spacial score (nSPS) is 15.0. The van der Waals surface area contributed by atoms with Crippen molar-refractivity contribution in [3.8, 4) is 0 Å². The van der Waals surface area contributed by atoms with Crippen molar-refractivity contribution in [3.63, 3.8) is 0 Å². The number of carboxylic acids is 1. The summed E-state index contributed by atoms with van der Waals surface area (Å²) >= 11 is 0. The molecule has 0 fully saturated rings. The summed E-state index contributed by atoms with van der Waals surface area (Å²) in [5.41, 5.74) is 0. The summed E-state index contributed by atoms with van der Waals surface area (Å²) < 4.78 is 15.3. The number of likely N-dealkylation sites (N-methyl/N-ethyl adjacent to an activating group) is 1. The van der Waals surface area contributed by atoms with Gasteiger partial charge < -0.3 is 19.4 Å². The molecule has 0 spiro atoms. The van der Waals surface area contributed by atoms with Crippen LogP contribution in [-0.2, 0) is 13.9 Å². The van der Waals surface area contributed by atoms with Crippen molar-refractivity contribution in [3.05, 3.63) is 0 Å². The van der Waals surface area contributed by atoms with Crippen LogP contribution in [0.5, 0.6) is 0 Å². The molecule has 0 heterocycles. The lowest BCUT2D eigenvalue weighted by Crippen LogP contribution is -2.42. The summed E-state index contributed by atoms with van der Waals surface area (Å²) in [5.74, 6) is -1.15. The van der Waals surface area contributed by atoms with Crippen LogP contribution in [0.4, 0.5) is 0 Å². The smallest absolute Gasteiger partial charge is 0.470 e. The fraction of sp³-hybridized carbons (Fsp3) is 0.857. The van der Waals surface area contributed by atoms with Crippen LogP contribution in [0, 0.1) is 0 Å². The fourth-order valence-electron chi connectivity index (χ4n) is 1.14. The Bertz CT molecular complexity index is 267.